The molecule has 0 fully saturated rings. The molecule has 1 aromatic heterocycles. The molecule has 0 spiro atoms. The summed E-state index contributed by atoms with van der Waals surface area (Å²) < 4.78 is 7.94. The van der Waals surface area contributed by atoms with E-state index in [4.69, 9.17) is 4.74 Å². The Morgan fingerprint density at radius 3 is 2.67 bits per heavy atom. The number of hydrogen-bond donors (Lipinski definition) is 1. The lowest BCUT2D eigenvalue weighted by molar-refractivity contribution is 0.298. The van der Waals surface area contributed by atoms with E-state index in [2.05, 4.69) is 42.2 Å². The van der Waals surface area contributed by atoms with Gasteiger partial charge in [0.15, 0.2) is 0 Å². The van der Waals surface area contributed by atoms with Crippen LogP contribution in [0, 0.1) is 0 Å². The van der Waals surface area contributed by atoms with Gasteiger partial charge in [-0.25, -0.2) is 0 Å². The summed E-state index contributed by atoms with van der Waals surface area (Å²) in [5, 5.41) is 3.59. The zero-order chi connectivity index (χ0) is 14.9. The maximum atomic E-state index is 5.73. The molecule has 1 atom stereocenters. The summed E-state index contributed by atoms with van der Waals surface area (Å²) in [6.07, 6.45) is 6.65. The Bertz CT molecular complexity index is 507. The average Bonchev–Trinajstić information content (AvgIpc) is 2.98. The molecule has 2 aromatic rings. The van der Waals surface area contributed by atoms with Gasteiger partial charge in [-0.15, -0.1) is 0 Å². The topological polar surface area (TPSA) is 26.2 Å². The quantitative estimate of drug-likeness (QED) is 0.753. The van der Waals surface area contributed by atoms with Crippen LogP contribution in [0.25, 0.3) is 0 Å². The van der Waals surface area contributed by atoms with Gasteiger partial charge in [-0.05, 0) is 43.1 Å². The molecule has 0 bridgehead atoms. The molecule has 0 saturated carbocycles. The molecular formula is C18H26N2O. The van der Waals surface area contributed by atoms with Crippen LogP contribution in [0.2, 0.25) is 0 Å². The summed E-state index contributed by atoms with van der Waals surface area (Å²) in [4.78, 5) is 0. The predicted octanol–water partition coefficient (Wildman–Crippen LogP) is 4.02. The number of nitrogens with zero attached hydrogens (tertiary/aromatic N) is 1. The highest BCUT2D eigenvalue weighted by atomic mass is 16.5. The average molecular weight is 286 g/mol. The van der Waals surface area contributed by atoms with Crippen molar-refractivity contribution in [1.29, 1.82) is 0 Å². The fourth-order valence-corrected chi connectivity index (χ4v) is 2.41. The van der Waals surface area contributed by atoms with Crippen LogP contribution in [0.5, 0.6) is 5.75 Å². The summed E-state index contributed by atoms with van der Waals surface area (Å²) in [5.74, 6) is 0.931. The van der Waals surface area contributed by atoms with E-state index in [-0.39, 0.29) is 0 Å². The van der Waals surface area contributed by atoms with E-state index < -0.39 is 0 Å². The molecule has 2 rings (SSSR count). The zero-order valence-corrected chi connectivity index (χ0v) is 13.1. The van der Waals surface area contributed by atoms with Gasteiger partial charge in [-0.1, -0.05) is 32.0 Å². The molecule has 21 heavy (non-hydrogen) atoms. The van der Waals surface area contributed by atoms with Crippen molar-refractivity contribution in [3.05, 3.63) is 54.4 Å². The van der Waals surface area contributed by atoms with E-state index in [0.717, 1.165) is 25.3 Å². The normalized spacial score (nSPS) is 12.3. The number of benzene rings is 1. The first kappa shape index (κ1) is 15.6. The second-order valence-electron chi connectivity index (χ2n) is 5.26. The maximum absolute atomic E-state index is 5.73. The fraction of sp³-hybridized carbons (Fsp3) is 0.444. The molecule has 114 valence electrons. The monoisotopic (exact) mass is 286 g/mol. The molecular weight excluding hydrogens is 260 g/mol. The maximum Gasteiger partial charge on any atom is 0.119 e. The van der Waals surface area contributed by atoms with Crippen LogP contribution in [0.3, 0.4) is 0 Å². The summed E-state index contributed by atoms with van der Waals surface area (Å²) >= 11 is 0. The van der Waals surface area contributed by atoms with Crippen LogP contribution in [0.1, 0.15) is 38.3 Å². The van der Waals surface area contributed by atoms with Crippen molar-refractivity contribution in [2.75, 3.05) is 13.2 Å². The minimum atomic E-state index is 0.459. The van der Waals surface area contributed by atoms with E-state index in [1.807, 2.05) is 30.3 Å². The van der Waals surface area contributed by atoms with Gasteiger partial charge in [0.25, 0.3) is 0 Å². The first-order valence-corrected chi connectivity index (χ1v) is 7.90. The summed E-state index contributed by atoms with van der Waals surface area (Å²) in [6.45, 7) is 7.06. The van der Waals surface area contributed by atoms with Crippen LogP contribution >= 0.6 is 0 Å². The third-order valence-corrected chi connectivity index (χ3v) is 3.59. The van der Waals surface area contributed by atoms with Crippen LogP contribution in [0.4, 0.5) is 0 Å². The molecule has 0 amide bonds. The van der Waals surface area contributed by atoms with Gasteiger partial charge in [0.05, 0.1) is 6.54 Å². The molecule has 1 heterocycles. The Morgan fingerprint density at radius 1 is 1.14 bits per heavy atom. The predicted molar refractivity (Wildman–Crippen MR) is 87.7 cm³/mol. The van der Waals surface area contributed by atoms with E-state index in [9.17, 15) is 0 Å². The number of nitrogens with one attached hydrogen (secondary N) is 1. The van der Waals surface area contributed by atoms with Crippen LogP contribution in [-0.4, -0.2) is 17.7 Å². The first-order chi connectivity index (χ1) is 10.3. The lowest BCUT2D eigenvalue weighted by Crippen LogP contribution is -2.21. The SMILES string of the molecule is CCCNC(CC)c1ccn(CCOc2ccccc2)c1. The van der Waals surface area contributed by atoms with Gasteiger partial charge in [0.2, 0.25) is 0 Å². The molecule has 1 aromatic carbocycles. The molecule has 1 N–H and O–H groups in total. The van der Waals surface area contributed by atoms with E-state index in [1.54, 1.807) is 0 Å². The lowest BCUT2D eigenvalue weighted by Gasteiger charge is -2.15. The molecule has 1 unspecified atom stereocenters. The van der Waals surface area contributed by atoms with Crippen molar-refractivity contribution in [2.24, 2.45) is 0 Å². The minimum Gasteiger partial charge on any atom is -0.492 e. The van der Waals surface area contributed by atoms with Gasteiger partial charge in [-0.3, -0.25) is 0 Å². The molecule has 0 aliphatic heterocycles. The van der Waals surface area contributed by atoms with E-state index in [1.165, 1.54) is 12.0 Å². The third-order valence-electron chi connectivity index (χ3n) is 3.59. The molecule has 3 nitrogen and oxygen atoms in total. The Hall–Kier alpha value is -1.74. The number of ether oxygens (including phenoxy) is 1. The Kier molecular flexibility index (Phi) is 6.35. The van der Waals surface area contributed by atoms with E-state index >= 15 is 0 Å². The van der Waals surface area contributed by atoms with Crippen molar-refractivity contribution in [1.82, 2.24) is 9.88 Å². The second-order valence-corrected chi connectivity index (χ2v) is 5.26. The standard InChI is InChI=1S/C18H26N2O/c1-3-11-19-18(4-2)16-10-12-20(15-16)13-14-21-17-8-6-5-7-9-17/h5-10,12,15,18-19H,3-4,11,13-14H2,1-2H3. The summed E-state index contributed by atoms with van der Waals surface area (Å²) in [7, 11) is 0. The number of aromatic nitrogens is 1. The molecule has 0 saturated heterocycles. The summed E-state index contributed by atoms with van der Waals surface area (Å²) in [6, 6.07) is 12.6. The Labute approximate surface area is 127 Å². The van der Waals surface area contributed by atoms with Crippen molar-refractivity contribution >= 4 is 0 Å². The van der Waals surface area contributed by atoms with Gasteiger partial charge in [0.1, 0.15) is 12.4 Å². The van der Waals surface area contributed by atoms with Crippen molar-refractivity contribution in [2.45, 2.75) is 39.3 Å². The van der Waals surface area contributed by atoms with Gasteiger partial charge in [-0.2, -0.15) is 0 Å². The van der Waals surface area contributed by atoms with Crippen molar-refractivity contribution in [3.63, 3.8) is 0 Å². The van der Waals surface area contributed by atoms with Crippen LogP contribution in [0.15, 0.2) is 48.8 Å². The van der Waals surface area contributed by atoms with Gasteiger partial charge < -0.3 is 14.6 Å². The minimum absolute atomic E-state index is 0.459. The van der Waals surface area contributed by atoms with Gasteiger partial charge >= 0.3 is 0 Å². The van der Waals surface area contributed by atoms with Gasteiger partial charge in [0, 0.05) is 18.4 Å². The Balaban J connectivity index is 1.82. The molecule has 3 heteroatoms. The van der Waals surface area contributed by atoms with Crippen molar-refractivity contribution in [3.8, 4) is 5.75 Å². The second kappa shape index (κ2) is 8.53. The highest BCUT2D eigenvalue weighted by molar-refractivity contribution is 5.21. The highest BCUT2D eigenvalue weighted by Gasteiger charge is 2.09. The largest absolute Gasteiger partial charge is 0.492 e. The van der Waals surface area contributed by atoms with E-state index in [0.29, 0.717) is 12.6 Å². The number of para-hydroxylation sites is 1. The van der Waals surface area contributed by atoms with Crippen LogP contribution < -0.4 is 10.1 Å². The molecule has 0 aliphatic carbocycles. The van der Waals surface area contributed by atoms with Crippen molar-refractivity contribution < 1.29 is 4.74 Å². The fourth-order valence-electron chi connectivity index (χ4n) is 2.41. The number of hydrogen-bond acceptors (Lipinski definition) is 2. The lowest BCUT2D eigenvalue weighted by atomic mass is 10.1. The highest BCUT2D eigenvalue weighted by Crippen LogP contribution is 2.17. The van der Waals surface area contributed by atoms with Crippen LogP contribution in [-0.2, 0) is 6.54 Å². The first-order valence-electron chi connectivity index (χ1n) is 7.90. The molecule has 0 radical (unpaired) electrons. The Morgan fingerprint density at radius 2 is 1.95 bits per heavy atom. The zero-order valence-electron chi connectivity index (χ0n) is 13.1. The molecule has 0 aliphatic rings. The smallest absolute Gasteiger partial charge is 0.119 e. The summed E-state index contributed by atoms with van der Waals surface area (Å²) in [5.41, 5.74) is 1.37. The number of rotatable bonds is 9. The third kappa shape index (κ3) is 4.94.